The second-order valence-electron chi connectivity index (χ2n) is 11.3. The van der Waals surface area contributed by atoms with Gasteiger partial charge in [-0.2, -0.15) is 0 Å². The SMILES string of the molecule is CC(C)(C)OC(=O)N1CCN(c2cc(N3C4CCC3CN(C(=O)OCc3ccccc3)C4)ccc2F)CC1. The van der Waals surface area contributed by atoms with Gasteiger partial charge in [-0.1, -0.05) is 30.3 Å². The van der Waals surface area contributed by atoms with Crippen molar-refractivity contribution in [3.63, 3.8) is 0 Å². The van der Waals surface area contributed by atoms with Crippen molar-refractivity contribution in [2.75, 3.05) is 49.1 Å². The maximum Gasteiger partial charge on any atom is 0.410 e. The Kier molecular flexibility index (Phi) is 7.36. The monoisotopic (exact) mass is 524 g/mol. The van der Waals surface area contributed by atoms with E-state index in [2.05, 4.69) is 4.90 Å². The number of likely N-dealkylation sites (tertiary alicyclic amines) is 1. The minimum atomic E-state index is -0.545. The summed E-state index contributed by atoms with van der Waals surface area (Å²) in [5.74, 6) is -0.269. The van der Waals surface area contributed by atoms with E-state index in [0.29, 0.717) is 45.0 Å². The van der Waals surface area contributed by atoms with E-state index in [-0.39, 0.29) is 36.7 Å². The van der Waals surface area contributed by atoms with E-state index in [1.54, 1.807) is 4.90 Å². The van der Waals surface area contributed by atoms with Crippen molar-refractivity contribution in [1.29, 1.82) is 0 Å². The highest BCUT2D eigenvalue weighted by molar-refractivity contribution is 5.70. The van der Waals surface area contributed by atoms with Crippen LogP contribution in [0.2, 0.25) is 0 Å². The molecule has 0 saturated carbocycles. The zero-order valence-electron chi connectivity index (χ0n) is 22.4. The van der Waals surface area contributed by atoms with E-state index in [0.717, 1.165) is 24.1 Å². The molecule has 2 bridgehead atoms. The number of anilines is 2. The molecule has 9 heteroatoms. The number of hydrogen-bond acceptors (Lipinski definition) is 6. The lowest BCUT2D eigenvalue weighted by Gasteiger charge is -2.42. The van der Waals surface area contributed by atoms with Crippen LogP contribution >= 0.6 is 0 Å². The van der Waals surface area contributed by atoms with Gasteiger partial charge in [-0.15, -0.1) is 0 Å². The van der Waals surface area contributed by atoms with E-state index in [9.17, 15) is 14.0 Å². The highest BCUT2D eigenvalue weighted by atomic mass is 19.1. The standard InChI is InChI=1S/C29H37FN4O4/c1-29(2,3)38-28(36)32-15-13-31(14-16-32)26-17-22(11-12-25(26)30)34-23-9-10-24(34)19-33(18-23)27(35)37-20-21-7-5-4-6-8-21/h4-8,11-12,17,23-24H,9-10,13-16,18-20H2,1-3H3. The van der Waals surface area contributed by atoms with E-state index < -0.39 is 5.60 Å². The fourth-order valence-electron chi connectivity index (χ4n) is 5.64. The van der Waals surface area contributed by atoms with Crippen LogP contribution in [0.1, 0.15) is 39.2 Å². The number of piperazine rings is 2. The molecule has 2 aromatic rings. The maximum atomic E-state index is 15.0. The van der Waals surface area contributed by atoms with Crippen LogP contribution in [0.3, 0.4) is 0 Å². The molecule has 0 spiro atoms. The van der Waals surface area contributed by atoms with Crippen molar-refractivity contribution < 1.29 is 23.5 Å². The molecule has 2 unspecified atom stereocenters. The predicted octanol–water partition coefficient (Wildman–Crippen LogP) is 4.87. The zero-order chi connectivity index (χ0) is 26.9. The van der Waals surface area contributed by atoms with Gasteiger partial charge in [-0.05, 0) is 57.4 Å². The Morgan fingerprint density at radius 3 is 2.18 bits per heavy atom. The van der Waals surface area contributed by atoms with Gasteiger partial charge in [-0.3, -0.25) is 0 Å². The molecule has 2 atom stereocenters. The molecule has 2 amide bonds. The highest BCUT2D eigenvalue weighted by Gasteiger charge is 2.42. The quantitative estimate of drug-likeness (QED) is 0.569. The van der Waals surface area contributed by atoms with Crippen LogP contribution < -0.4 is 9.80 Å². The largest absolute Gasteiger partial charge is 0.445 e. The fourth-order valence-corrected chi connectivity index (χ4v) is 5.64. The summed E-state index contributed by atoms with van der Waals surface area (Å²) in [6, 6.07) is 15.3. The number of benzene rings is 2. The average molecular weight is 525 g/mol. The summed E-state index contributed by atoms with van der Waals surface area (Å²) in [4.78, 5) is 33.0. The Labute approximate surface area is 223 Å². The number of halogens is 1. The minimum Gasteiger partial charge on any atom is -0.445 e. The molecule has 3 fully saturated rings. The topological polar surface area (TPSA) is 65.6 Å². The van der Waals surface area contributed by atoms with Crippen LogP contribution in [0.4, 0.5) is 25.4 Å². The third-order valence-corrected chi connectivity index (χ3v) is 7.45. The van der Waals surface area contributed by atoms with E-state index in [1.807, 2.05) is 73.0 Å². The second-order valence-corrected chi connectivity index (χ2v) is 11.3. The zero-order valence-corrected chi connectivity index (χ0v) is 22.4. The first-order chi connectivity index (χ1) is 18.2. The third kappa shape index (κ3) is 5.81. The van der Waals surface area contributed by atoms with Crippen molar-refractivity contribution in [3.05, 3.63) is 59.9 Å². The van der Waals surface area contributed by atoms with Gasteiger partial charge in [0, 0.05) is 57.0 Å². The first-order valence-electron chi connectivity index (χ1n) is 13.4. The van der Waals surface area contributed by atoms with Crippen molar-refractivity contribution in [1.82, 2.24) is 9.80 Å². The molecular weight excluding hydrogens is 487 g/mol. The molecule has 0 aliphatic carbocycles. The van der Waals surface area contributed by atoms with Crippen LogP contribution in [0.15, 0.2) is 48.5 Å². The summed E-state index contributed by atoms with van der Waals surface area (Å²) in [6.07, 6.45) is 1.35. The van der Waals surface area contributed by atoms with Crippen LogP contribution in [-0.4, -0.2) is 78.9 Å². The molecule has 204 valence electrons. The number of carbonyl (C=O) groups excluding carboxylic acids is 2. The molecule has 38 heavy (non-hydrogen) atoms. The van der Waals surface area contributed by atoms with Gasteiger partial charge >= 0.3 is 12.2 Å². The molecule has 3 aliphatic rings. The molecule has 0 radical (unpaired) electrons. The number of nitrogens with zero attached hydrogens (tertiary/aromatic N) is 4. The number of amides is 2. The second kappa shape index (κ2) is 10.7. The number of hydrogen-bond donors (Lipinski definition) is 0. The number of carbonyl (C=O) groups is 2. The van der Waals surface area contributed by atoms with Crippen LogP contribution in [0.25, 0.3) is 0 Å². The lowest BCUT2D eigenvalue weighted by atomic mass is 10.1. The molecule has 2 aromatic carbocycles. The minimum absolute atomic E-state index is 0.167. The molecule has 0 aromatic heterocycles. The Hall–Kier alpha value is -3.49. The number of ether oxygens (including phenoxy) is 2. The first-order valence-corrected chi connectivity index (χ1v) is 13.4. The Balaban J connectivity index is 1.21. The van der Waals surface area contributed by atoms with Crippen LogP contribution in [0, 0.1) is 5.82 Å². The van der Waals surface area contributed by atoms with Crippen molar-refractivity contribution in [2.24, 2.45) is 0 Å². The lowest BCUT2D eigenvalue weighted by molar-refractivity contribution is 0.0240. The van der Waals surface area contributed by atoms with Crippen molar-refractivity contribution >= 4 is 23.6 Å². The van der Waals surface area contributed by atoms with Crippen molar-refractivity contribution in [2.45, 2.75) is 57.9 Å². The summed E-state index contributed by atoms with van der Waals surface area (Å²) in [5.41, 5.74) is 1.95. The fraction of sp³-hybridized carbons (Fsp3) is 0.517. The van der Waals surface area contributed by atoms with Gasteiger partial charge in [0.2, 0.25) is 0 Å². The number of rotatable bonds is 4. The summed E-state index contributed by atoms with van der Waals surface area (Å²) in [6.45, 7) is 9.02. The van der Waals surface area contributed by atoms with Gasteiger partial charge in [0.1, 0.15) is 18.0 Å². The van der Waals surface area contributed by atoms with Crippen molar-refractivity contribution in [3.8, 4) is 0 Å². The van der Waals surface area contributed by atoms with E-state index >= 15 is 0 Å². The molecule has 3 saturated heterocycles. The average Bonchev–Trinajstić information content (AvgIpc) is 3.16. The Morgan fingerprint density at radius 2 is 1.55 bits per heavy atom. The normalized spacial score (nSPS) is 21.5. The Bertz CT molecular complexity index is 1130. The summed E-state index contributed by atoms with van der Waals surface area (Å²) < 4.78 is 26.0. The van der Waals surface area contributed by atoms with Crippen LogP contribution in [-0.2, 0) is 16.1 Å². The van der Waals surface area contributed by atoms with Gasteiger partial charge < -0.3 is 29.1 Å². The molecule has 8 nitrogen and oxygen atoms in total. The molecule has 3 aliphatic heterocycles. The summed E-state index contributed by atoms with van der Waals surface area (Å²) in [7, 11) is 0. The summed E-state index contributed by atoms with van der Waals surface area (Å²) in [5, 5.41) is 0. The first kappa shape index (κ1) is 26.1. The molecule has 0 N–H and O–H groups in total. The lowest BCUT2D eigenvalue weighted by Crippen LogP contribution is -2.55. The van der Waals surface area contributed by atoms with E-state index in [4.69, 9.17) is 9.47 Å². The maximum absolute atomic E-state index is 15.0. The molecule has 3 heterocycles. The highest BCUT2D eigenvalue weighted by Crippen LogP contribution is 2.37. The summed E-state index contributed by atoms with van der Waals surface area (Å²) >= 11 is 0. The predicted molar refractivity (Wildman–Crippen MR) is 144 cm³/mol. The molecule has 5 rings (SSSR count). The Morgan fingerprint density at radius 1 is 0.895 bits per heavy atom. The number of fused-ring (bicyclic) bond motifs is 2. The smallest absolute Gasteiger partial charge is 0.410 e. The van der Waals surface area contributed by atoms with Gasteiger partial charge in [0.15, 0.2) is 0 Å². The van der Waals surface area contributed by atoms with Gasteiger partial charge in [0.25, 0.3) is 0 Å². The van der Waals surface area contributed by atoms with Gasteiger partial charge in [0.05, 0.1) is 5.69 Å². The molecular formula is C29H37FN4O4. The van der Waals surface area contributed by atoms with Gasteiger partial charge in [-0.25, -0.2) is 14.0 Å². The van der Waals surface area contributed by atoms with E-state index in [1.165, 1.54) is 6.07 Å². The third-order valence-electron chi connectivity index (χ3n) is 7.45. The van der Waals surface area contributed by atoms with Crippen LogP contribution in [0.5, 0.6) is 0 Å².